The van der Waals surface area contributed by atoms with Crippen LogP contribution in [0.4, 0.5) is 11.5 Å². The molecule has 0 aromatic carbocycles. The molecule has 6 heteroatoms. The van der Waals surface area contributed by atoms with Gasteiger partial charge in [0, 0.05) is 18.7 Å². The van der Waals surface area contributed by atoms with E-state index in [4.69, 9.17) is 0 Å². The Labute approximate surface area is 87.9 Å². The van der Waals surface area contributed by atoms with E-state index in [1.165, 1.54) is 12.3 Å². The van der Waals surface area contributed by atoms with Crippen LogP contribution in [0.1, 0.15) is 6.92 Å². The fraction of sp³-hybridized carbons (Fsp3) is 0.444. The van der Waals surface area contributed by atoms with Crippen LogP contribution in [0.25, 0.3) is 0 Å². The second kappa shape index (κ2) is 5.26. The van der Waals surface area contributed by atoms with Gasteiger partial charge in [-0.3, -0.25) is 10.1 Å². The third-order valence-electron chi connectivity index (χ3n) is 2.04. The van der Waals surface area contributed by atoms with Crippen molar-refractivity contribution in [2.75, 3.05) is 18.9 Å². The van der Waals surface area contributed by atoms with E-state index in [1.807, 2.05) is 14.0 Å². The number of aromatic nitrogens is 1. The lowest BCUT2D eigenvalue weighted by Gasteiger charge is -2.11. The highest BCUT2D eigenvalue weighted by Crippen LogP contribution is 2.11. The summed E-state index contributed by atoms with van der Waals surface area (Å²) < 4.78 is 0. The van der Waals surface area contributed by atoms with E-state index in [1.54, 1.807) is 6.07 Å². The molecule has 1 rings (SSSR count). The van der Waals surface area contributed by atoms with Crippen LogP contribution in [0.15, 0.2) is 18.3 Å². The molecule has 0 spiro atoms. The maximum Gasteiger partial charge on any atom is 0.287 e. The summed E-state index contributed by atoms with van der Waals surface area (Å²) in [6, 6.07) is 3.35. The largest absolute Gasteiger partial charge is 0.369 e. The molecule has 0 aliphatic rings. The normalized spacial score (nSPS) is 12.1. The maximum atomic E-state index is 10.4. The van der Waals surface area contributed by atoms with Gasteiger partial charge in [0.25, 0.3) is 5.69 Å². The zero-order chi connectivity index (χ0) is 11.3. The number of nitrogens with zero attached hydrogens (tertiary/aromatic N) is 2. The summed E-state index contributed by atoms with van der Waals surface area (Å²) in [5.41, 5.74) is 0.00205. The average molecular weight is 210 g/mol. The van der Waals surface area contributed by atoms with Crippen molar-refractivity contribution in [1.29, 1.82) is 0 Å². The molecule has 0 radical (unpaired) electrons. The van der Waals surface area contributed by atoms with Crippen LogP contribution < -0.4 is 10.6 Å². The van der Waals surface area contributed by atoms with Gasteiger partial charge in [-0.05, 0) is 20.0 Å². The maximum absolute atomic E-state index is 10.4. The summed E-state index contributed by atoms with van der Waals surface area (Å²) >= 11 is 0. The lowest BCUT2D eigenvalue weighted by Crippen LogP contribution is -2.29. The van der Waals surface area contributed by atoms with Crippen molar-refractivity contribution in [3.63, 3.8) is 0 Å². The molecule has 6 nitrogen and oxygen atoms in total. The minimum atomic E-state index is -0.465. The molecule has 0 saturated carbocycles. The molecule has 1 heterocycles. The first-order valence-electron chi connectivity index (χ1n) is 4.65. The molecule has 15 heavy (non-hydrogen) atoms. The molecule has 0 bridgehead atoms. The van der Waals surface area contributed by atoms with E-state index in [0.717, 1.165) is 6.54 Å². The van der Waals surface area contributed by atoms with Gasteiger partial charge in [0.2, 0.25) is 0 Å². The van der Waals surface area contributed by atoms with Crippen LogP contribution in [0, 0.1) is 10.1 Å². The summed E-state index contributed by atoms with van der Waals surface area (Å²) in [5, 5.41) is 16.5. The van der Waals surface area contributed by atoms with Crippen LogP contribution in [-0.4, -0.2) is 29.5 Å². The van der Waals surface area contributed by atoms with E-state index in [-0.39, 0.29) is 5.69 Å². The number of anilines is 1. The first-order valence-corrected chi connectivity index (χ1v) is 4.65. The van der Waals surface area contributed by atoms with Crippen molar-refractivity contribution in [2.45, 2.75) is 13.0 Å². The fourth-order valence-corrected chi connectivity index (χ4v) is 0.958. The summed E-state index contributed by atoms with van der Waals surface area (Å²) in [6.45, 7) is 2.75. The first kappa shape index (κ1) is 11.4. The molecule has 0 aliphatic heterocycles. The topological polar surface area (TPSA) is 80.1 Å². The predicted molar refractivity (Wildman–Crippen MR) is 57.9 cm³/mol. The number of nitro groups is 1. The van der Waals surface area contributed by atoms with Gasteiger partial charge < -0.3 is 10.6 Å². The van der Waals surface area contributed by atoms with Crippen molar-refractivity contribution in [3.05, 3.63) is 28.4 Å². The van der Waals surface area contributed by atoms with Crippen LogP contribution in [0.2, 0.25) is 0 Å². The van der Waals surface area contributed by atoms with Gasteiger partial charge in [0.1, 0.15) is 12.0 Å². The highest BCUT2D eigenvalue weighted by atomic mass is 16.6. The quantitative estimate of drug-likeness (QED) is 0.560. The molecular weight excluding hydrogens is 196 g/mol. The van der Waals surface area contributed by atoms with E-state index < -0.39 is 4.92 Å². The number of pyridine rings is 1. The molecule has 1 aromatic heterocycles. The van der Waals surface area contributed by atoms with Gasteiger partial charge in [-0.1, -0.05) is 0 Å². The van der Waals surface area contributed by atoms with Crippen molar-refractivity contribution < 1.29 is 4.92 Å². The Kier molecular flexibility index (Phi) is 3.99. The molecular formula is C9H14N4O2. The highest BCUT2D eigenvalue weighted by molar-refractivity contribution is 5.40. The van der Waals surface area contributed by atoms with Crippen molar-refractivity contribution >= 4 is 11.5 Å². The Morgan fingerprint density at radius 2 is 2.33 bits per heavy atom. The summed E-state index contributed by atoms with van der Waals surface area (Å²) in [5.74, 6) is 0.641. The Bertz CT molecular complexity index is 325. The third kappa shape index (κ3) is 3.51. The van der Waals surface area contributed by atoms with Crippen LogP contribution in [-0.2, 0) is 0 Å². The lowest BCUT2D eigenvalue weighted by atomic mass is 10.3. The minimum Gasteiger partial charge on any atom is -0.369 e. The number of rotatable bonds is 5. The van der Waals surface area contributed by atoms with Crippen molar-refractivity contribution in [2.24, 2.45) is 0 Å². The minimum absolute atomic E-state index is 0.00205. The Morgan fingerprint density at radius 3 is 2.80 bits per heavy atom. The van der Waals surface area contributed by atoms with E-state index in [2.05, 4.69) is 15.6 Å². The first-order chi connectivity index (χ1) is 7.13. The smallest absolute Gasteiger partial charge is 0.287 e. The zero-order valence-electron chi connectivity index (χ0n) is 8.73. The van der Waals surface area contributed by atoms with E-state index in [9.17, 15) is 10.1 Å². The van der Waals surface area contributed by atoms with E-state index >= 15 is 0 Å². The number of nitrogens with one attached hydrogen (secondary N) is 2. The highest BCUT2D eigenvalue weighted by Gasteiger charge is 2.05. The molecule has 0 saturated heterocycles. The van der Waals surface area contributed by atoms with Gasteiger partial charge in [0.05, 0.1) is 4.92 Å². The zero-order valence-corrected chi connectivity index (χ0v) is 8.73. The Balaban J connectivity index is 2.53. The average Bonchev–Trinajstić information content (AvgIpc) is 2.26. The van der Waals surface area contributed by atoms with Gasteiger partial charge in [-0.2, -0.15) is 0 Å². The summed E-state index contributed by atoms with van der Waals surface area (Å²) in [4.78, 5) is 13.8. The van der Waals surface area contributed by atoms with Gasteiger partial charge in [-0.15, -0.1) is 0 Å². The molecule has 0 aliphatic carbocycles. The van der Waals surface area contributed by atoms with Crippen LogP contribution in [0.3, 0.4) is 0 Å². The standard InChI is InChI=1S/C9H14N4O2/c1-7(10-2)5-11-9-4-3-8(6-12-9)13(14)15/h3-4,6-7,10H,5H2,1-2H3,(H,11,12). The summed E-state index contributed by atoms with van der Waals surface area (Å²) in [6.07, 6.45) is 1.24. The molecule has 82 valence electrons. The fourth-order valence-electron chi connectivity index (χ4n) is 0.958. The second-order valence-corrected chi connectivity index (χ2v) is 3.23. The van der Waals surface area contributed by atoms with Crippen molar-refractivity contribution in [3.8, 4) is 0 Å². The SMILES string of the molecule is CNC(C)CNc1ccc([N+](=O)[O-])cn1. The van der Waals surface area contributed by atoms with Crippen molar-refractivity contribution in [1.82, 2.24) is 10.3 Å². The molecule has 0 amide bonds. The summed E-state index contributed by atoms with van der Waals surface area (Å²) in [7, 11) is 1.87. The molecule has 1 atom stereocenters. The lowest BCUT2D eigenvalue weighted by molar-refractivity contribution is -0.385. The van der Waals surface area contributed by atoms with Gasteiger partial charge in [0.15, 0.2) is 0 Å². The van der Waals surface area contributed by atoms with E-state index in [0.29, 0.717) is 11.9 Å². The predicted octanol–water partition coefficient (Wildman–Crippen LogP) is 1.01. The monoisotopic (exact) mass is 210 g/mol. The second-order valence-electron chi connectivity index (χ2n) is 3.23. The number of hydrogen-bond acceptors (Lipinski definition) is 5. The van der Waals surface area contributed by atoms with Gasteiger partial charge in [-0.25, -0.2) is 4.98 Å². The molecule has 1 aromatic rings. The molecule has 2 N–H and O–H groups in total. The number of hydrogen-bond donors (Lipinski definition) is 2. The molecule has 1 unspecified atom stereocenters. The molecule has 0 fully saturated rings. The van der Waals surface area contributed by atoms with Gasteiger partial charge >= 0.3 is 0 Å². The number of likely N-dealkylation sites (N-methyl/N-ethyl adjacent to an activating group) is 1. The van der Waals surface area contributed by atoms with Crippen LogP contribution >= 0.6 is 0 Å². The third-order valence-corrected chi connectivity index (χ3v) is 2.04. The Morgan fingerprint density at radius 1 is 1.60 bits per heavy atom. The Hall–Kier alpha value is -1.69. The van der Waals surface area contributed by atoms with Crippen LogP contribution in [0.5, 0.6) is 0 Å².